The van der Waals surface area contributed by atoms with Gasteiger partial charge >= 0.3 is 0 Å². The van der Waals surface area contributed by atoms with E-state index in [1.807, 2.05) is 48.5 Å². The Balaban J connectivity index is 1.46. The Bertz CT molecular complexity index is 1010. The van der Waals surface area contributed by atoms with Crippen molar-refractivity contribution >= 4 is 29.2 Å². The number of nitrogens with one attached hydrogen (secondary N) is 1. The number of fused-ring (bicyclic) bond motifs is 1. The average Bonchev–Trinajstić information content (AvgIpc) is 3.34. The number of sulfonamides is 1. The zero-order valence-corrected chi connectivity index (χ0v) is 17.5. The highest BCUT2D eigenvalue weighted by Crippen LogP contribution is 2.43. The molecule has 0 aromatic heterocycles. The Morgan fingerprint density at radius 3 is 2.33 bits per heavy atom. The molecule has 1 saturated heterocycles. The number of rotatable bonds is 6. The molecule has 4 rings (SSSR count). The highest BCUT2D eigenvalue weighted by atomic mass is 32.2. The average molecular weight is 424 g/mol. The molecule has 2 fully saturated rings. The Kier molecular flexibility index (Phi) is 6.00. The minimum absolute atomic E-state index is 0.0629. The van der Waals surface area contributed by atoms with Crippen molar-refractivity contribution in [2.24, 2.45) is 5.92 Å². The molecule has 2 N–H and O–H groups in total. The van der Waals surface area contributed by atoms with E-state index in [1.54, 1.807) is 5.48 Å². The Morgan fingerprint density at radius 2 is 1.70 bits per heavy atom. The van der Waals surface area contributed by atoms with Gasteiger partial charge in [0.1, 0.15) is 13.9 Å². The molecule has 30 heavy (non-hydrogen) atoms. The molecule has 1 aliphatic carbocycles. The standard InChI is InChI=1S/C22H25BN2O4S/c23-19-10-8-17(9-11-19)16-6-4-15(5-7-16)12-13-30(28,29)25-20-3-1-2-18(20)14-21(25)22(26)24-27/h4-11,18,20-21,27H,1-3,12-14H2,(H,24,26)/t18-,20?,21?/m1/s1. The second-order valence-electron chi connectivity index (χ2n) is 8.20. The Labute approximate surface area is 178 Å². The molecule has 1 heterocycles. The first kappa shape index (κ1) is 21.1. The smallest absolute Gasteiger partial charge is 0.261 e. The van der Waals surface area contributed by atoms with Gasteiger partial charge in [-0.3, -0.25) is 10.0 Å². The van der Waals surface area contributed by atoms with Crippen LogP contribution in [-0.4, -0.2) is 49.5 Å². The molecule has 2 aromatic rings. The van der Waals surface area contributed by atoms with Crippen LogP contribution in [0.25, 0.3) is 11.1 Å². The molecule has 2 unspecified atom stereocenters. The fourth-order valence-corrected chi connectivity index (χ4v) is 6.80. The summed E-state index contributed by atoms with van der Waals surface area (Å²) in [6.07, 6.45) is 3.52. The second kappa shape index (κ2) is 8.53. The quantitative estimate of drug-likeness (QED) is 0.421. The van der Waals surface area contributed by atoms with Crippen molar-refractivity contribution in [3.63, 3.8) is 0 Å². The number of benzene rings is 2. The molecule has 8 heteroatoms. The van der Waals surface area contributed by atoms with Gasteiger partial charge in [-0.15, -0.1) is 0 Å². The van der Waals surface area contributed by atoms with Gasteiger partial charge in [0.05, 0.1) is 5.75 Å². The number of carbonyl (C=O) groups is 1. The van der Waals surface area contributed by atoms with Gasteiger partial charge in [-0.25, -0.2) is 13.9 Å². The van der Waals surface area contributed by atoms with E-state index in [0.29, 0.717) is 18.3 Å². The van der Waals surface area contributed by atoms with Crippen molar-refractivity contribution in [3.05, 3.63) is 54.1 Å². The summed E-state index contributed by atoms with van der Waals surface area (Å²) in [5, 5.41) is 9.06. The molecule has 2 radical (unpaired) electrons. The molecular weight excluding hydrogens is 399 g/mol. The van der Waals surface area contributed by atoms with Crippen molar-refractivity contribution in [3.8, 4) is 11.1 Å². The number of hydrogen-bond acceptors (Lipinski definition) is 4. The van der Waals surface area contributed by atoms with Crippen molar-refractivity contribution in [2.45, 2.75) is 44.2 Å². The Hall–Kier alpha value is -2.16. The summed E-state index contributed by atoms with van der Waals surface area (Å²) in [5.41, 5.74) is 5.36. The maximum Gasteiger partial charge on any atom is 0.261 e. The summed E-state index contributed by atoms with van der Waals surface area (Å²) in [6, 6.07) is 14.5. The van der Waals surface area contributed by atoms with Gasteiger partial charge < -0.3 is 0 Å². The number of hydroxylamine groups is 1. The van der Waals surface area contributed by atoms with Gasteiger partial charge in [0.2, 0.25) is 10.0 Å². The topological polar surface area (TPSA) is 86.7 Å². The van der Waals surface area contributed by atoms with Crippen LogP contribution in [0.3, 0.4) is 0 Å². The van der Waals surface area contributed by atoms with Crippen LogP contribution in [0.4, 0.5) is 0 Å². The molecule has 6 nitrogen and oxygen atoms in total. The monoisotopic (exact) mass is 424 g/mol. The normalized spacial score (nSPS) is 24.0. The first-order valence-electron chi connectivity index (χ1n) is 10.3. The van der Waals surface area contributed by atoms with Crippen LogP contribution in [0.15, 0.2) is 48.5 Å². The van der Waals surface area contributed by atoms with Crippen LogP contribution in [0.5, 0.6) is 0 Å². The predicted molar refractivity (Wildman–Crippen MR) is 116 cm³/mol. The summed E-state index contributed by atoms with van der Waals surface area (Å²) >= 11 is 0. The number of aryl methyl sites for hydroxylation is 1. The molecule has 0 bridgehead atoms. The van der Waals surface area contributed by atoms with Crippen molar-refractivity contribution in [1.29, 1.82) is 0 Å². The van der Waals surface area contributed by atoms with Gasteiger partial charge in [-0.05, 0) is 48.3 Å². The van der Waals surface area contributed by atoms with Gasteiger partial charge in [0.15, 0.2) is 0 Å². The predicted octanol–water partition coefficient (Wildman–Crippen LogP) is 1.77. The largest absolute Gasteiger partial charge is 0.289 e. The SMILES string of the molecule is [B]c1ccc(-c2ccc(CCS(=O)(=O)N3C(C(=O)NO)C[C@H]4CCCC43)cc2)cc1. The van der Waals surface area contributed by atoms with E-state index in [1.165, 1.54) is 4.31 Å². The molecule has 156 valence electrons. The van der Waals surface area contributed by atoms with Gasteiger partial charge in [-0.1, -0.05) is 60.4 Å². The molecule has 1 aliphatic heterocycles. The first-order chi connectivity index (χ1) is 14.4. The molecule has 1 amide bonds. The van der Waals surface area contributed by atoms with Crippen LogP contribution in [-0.2, 0) is 21.2 Å². The molecule has 2 aliphatic rings. The van der Waals surface area contributed by atoms with Crippen molar-refractivity contribution in [1.82, 2.24) is 9.79 Å². The van der Waals surface area contributed by atoms with Crippen LogP contribution in [0, 0.1) is 5.92 Å². The fourth-order valence-electron chi connectivity index (χ4n) is 4.84. The fraction of sp³-hybridized carbons (Fsp3) is 0.409. The summed E-state index contributed by atoms with van der Waals surface area (Å²) in [4.78, 5) is 12.1. The third-order valence-electron chi connectivity index (χ3n) is 6.36. The van der Waals surface area contributed by atoms with E-state index in [0.717, 1.165) is 36.0 Å². The van der Waals surface area contributed by atoms with Gasteiger partial charge in [0, 0.05) is 6.04 Å². The summed E-state index contributed by atoms with van der Waals surface area (Å²) < 4.78 is 27.7. The lowest BCUT2D eigenvalue weighted by Gasteiger charge is -2.27. The maximum atomic E-state index is 13.2. The van der Waals surface area contributed by atoms with Crippen molar-refractivity contribution in [2.75, 3.05) is 5.75 Å². The number of hydrogen-bond donors (Lipinski definition) is 2. The minimum Gasteiger partial charge on any atom is -0.289 e. The van der Waals surface area contributed by atoms with Crippen molar-refractivity contribution < 1.29 is 18.4 Å². The number of amides is 1. The zero-order chi connectivity index (χ0) is 21.3. The molecular formula is C22H25BN2O4S. The zero-order valence-electron chi connectivity index (χ0n) is 16.7. The lowest BCUT2D eigenvalue weighted by Crippen LogP contribution is -2.49. The van der Waals surface area contributed by atoms with E-state index < -0.39 is 22.0 Å². The lowest BCUT2D eigenvalue weighted by molar-refractivity contribution is -0.132. The van der Waals surface area contributed by atoms with E-state index in [-0.39, 0.29) is 17.7 Å². The maximum absolute atomic E-state index is 13.2. The summed E-state index contributed by atoms with van der Waals surface area (Å²) in [6.45, 7) is 0. The van der Waals surface area contributed by atoms with Crippen LogP contribution < -0.4 is 10.9 Å². The summed E-state index contributed by atoms with van der Waals surface area (Å²) in [7, 11) is 2.09. The highest BCUT2D eigenvalue weighted by molar-refractivity contribution is 7.89. The van der Waals surface area contributed by atoms with Gasteiger partial charge in [-0.2, -0.15) is 4.31 Å². The third kappa shape index (κ3) is 4.17. The highest BCUT2D eigenvalue weighted by Gasteiger charge is 2.51. The second-order valence-corrected chi connectivity index (χ2v) is 10.2. The van der Waals surface area contributed by atoms with E-state index in [4.69, 9.17) is 13.1 Å². The molecule has 3 atom stereocenters. The van der Waals surface area contributed by atoms with E-state index >= 15 is 0 Å². The summed E-state index contributed by atoms with van der Waals surface area (Å²) in [5.74, 6) is -0.505. The van der Waals surface area contributed by atoms with E-state index in [2.05, 4.69) is 0 Å². The van der Waals surface area contributed by atoms with E-state index in [9.17, 15) is 13.2 Å². The third-order valence-corrected chi connectivity index (χ3v) is 8.25. The molecule has 0 spiro atoms. The molecule has 2 aromatic carbocycles. The van der Waals surface area contributed by atoms with Crippen LogP contribution in [0.2, 0.25) is 0 Å². The number of carbonyl (C=O) groups excluding carboxylic acids is 1. The number of nitrogens with zero attached hydrogens (tertiary/aromatic N) is 1. The van der Waals surface area contributed by atoms with Gasteiger partial charge in [0.25, 0.3) is 5.91 Å². The molecule has 1 saturated carbocycles. The van der Waals surface area contributed by atoms with Crippen LogP contribution >= 0.6 is 0 Å². The Morgan fingerprint density at radius 1 is 1.07 bits per heavy atom. The lowest BCUT2D eigenvalue weighted by atomic mass is 9.93. The van der Waals surface area contributed by atoms with Crippen LogP contribution in [0.1, 0.15) is 31.2 Å². The first-order valence-corrected chi connectivity index (χ1v) is 11.9. The minimum atomic E-state index is -3.64.